The Morgan fingerprint density at radius 1 is 1.30 bits per heavy atom. The van der Waals surface area contributed by atoms with E-state index in [1.54, 1.807) is 7.11 Å². The Labute approximate surface area is 124 Å². The van der Waals surface area contributed by atoms with Gasteiger partial charge in [-0.2, -0.15) is 0 Å². The first-order valence-corrected chi connectivity index (χ1v) is 7.71. The standard InChI is InChI=1S/C17H30N2O/c1-7-8-18-11-15(12(2)3)9-16-14(5)17(20-6)13(4)10-19-16/h10,12,15,18H,7-9,11H2,1-6H3. The molecule has 3 heteroatoms. The molecule has 1 rings (SSSR count). The first-order valence-electron chi connectivity index (χ1n) is 7.71. The van der Waals surface area contributed by atoms with E-state index in [1.165, 1.54) is 17.7 Å². The number of hydrogen-bond acceptors (Lipinski definition) is 3. The van der Waals surface area contributed by atoms with E-state index in [2.05, 4.69) is 38.0 Å². The van der Waals surface area contributed by atoms with Gasteiger partial charge in [0.05, 0.1) is 7.11 Å². The summed E-state index contributed by atoms with van der Waals surface area (Å²) < 4.78 is 5.50. The van der Waals surface area contributed by atoms with Gasteiger partial charge in [-0.1, -0.05) is 20.8 Å². The average molecular weight is 278 g/mol. The highest BCUT2D eigenvalue weighted by molar-refractivity contribution is 5.41. The van der Waals surface area contributed by atoms with Gasteiger partial charge < -0.3 is 10.1 Å². The zero-order valence-corrected chi connectivity index (χ0v) is 13.9. The van der Waals surface area contributed by atoms with Gasteiger partial charge in [0, 0.05) is 23.0 Å². The van der Waals surface area contributed by atoms with Gasteiger partial charge in [0.1, 0.15) is 5.75 Å². The Morgan fingerprint density at radius 3 is 2.55 bits per heavy atom. The van der Waals surface area contributed by atoms with Crippen LogP contribution in [0.5, 0.6) is 5.75 Å². The summed E-state index contributed by atoms with van der Waals surface area (Å²) in [6, 6.07) is 0. The van der Waals surface area contributed by atoms with Crippen molar-refractivity contribution in [2.24, 2.45) is 11.8 Å². The van der Waals surface area contributed by atoms with E-state index >= 15 is 0 Å². The summed E-state index contributed by atoms with van der Waals surface area (Å²) in [7, 11) is 1.74. The van der Waals surface area contributed by atoms with Gasteiger partial charge >= 0.3 is 0 Å². The Bertz CT molecular complexity index is 416. The van der Waals surface area contributed by atoms with Crippen LogP contribution in [-0.2, 0) is 6.42 Å². The summed E-state index contributed by atoms with van der Waals surface area (Å²) in [6.07, 6.45) is 4.12. The zero-order chi connectivity index (χ0) is 15.1. The maximum Gasteiger partial charge on any atom is 0.128 e. The molecule has 0 saturated heterocycles. The summed E-state index contributed by atoms with van der Waals surface area (Å²) >= 11 is 0. The molecule has 0 aliphatic rings. The summed E-state index contributed by atoms with van der Waals surface area (Å²) in [5, 5.41) is 3.54. The van der Waals surface area contributed by atoms with Gasteiger partial charge in [0.2, 0.25) is 0 Å². The number of nitrogens with one attached hydrogen (secondary N) is 1. The zero-order valence-electron chi connectivity index (χ0n) is 13.9. The van der Waals surface area contributed by atoms with E-state index in [1.807, 2.05) is 13.1 Å². The average Bonchev–Trinajstić information content (AvgIpc) is 2.40. The number of methoxy groups -OCH3 is 1. The molecule has 1 aromatic rings. The normalized spacial score (nSPS) is 12.8. The smallest absolute Gasteiger partial charge is 0.128 e. The second-order valence-corrected chi connectivity index (χ2v) is 5.96. The second kappa shape index (κ2) is 8.25. The molecule has 1 aromatic heterocycles. The van der Waals surface area contributed by atoms with Crippen LogP contribution in [0.25, 0.3) is 0 Å². The minimum atomic E-state index is 0.611. The topological polar surface area (TPSA) is 34.2 Å². The van der Waals surface area contributed by atoms with Gasteiger partial charge in [0.25, 0.3) is 0 Å². The molecule has 1 heterocycles. The molecule has 20 heavy (non-hydrogen) atoms. The Morgan fingerprint density at radius 2 is 2.00 bits per heavy atom. The fourth-order valence-corrected chi connectivity index (χ4v) is 2.53. The third-order valence-electron chi connectivity index (χ3n) is 3.98. The number of rotatable bonds is 8. The number of aryl methyl sites for hydroxylation is 1. The Balaban J connectivity index is 2.83. The fourth-order valence-electron chi connectivity index (χ4n) is 2.53. The van der Waals surface area contributed by atoms with Crippen LogP contribution < -0.4 is 10.1 Å². The SMILES string of the molecule is CCCNCC(Cc1ncc(C)c(OC)c1C)C(C)C. The van der Waals surface area contributed by atoms with Crippen molar-refractivity contribution in [1.29, 1.82) is 0 Å². The third kappa shape index (κ3) is 4.48. The molecule has 0 spiro atoms. The molecule has 0 saturated carbocycles. The van der Waals surface area contributed by atoms with Crippen LogP contribution in [0.2, 0.25) is 0 Å². The summed E-state index contributed by atoms with van der Waals surface area (Å²) in [6.45, 7) is 13.1. The molecular weight excluding hydrogens is 248 g/mol. The van der Waals surface area contributed by atoms with Crippen LogP contribution in [-0.4, -0.2) is 25.2 Å². The lowest BCUT2D eigenvalue weighted by Crippen LogP contribution is -2.28. The highest BCUT2D eigenvalue weighted by atomic mass is 16.5. The second-order valence-electron chi connectivity index (χ2n) is 5.96. The predicted octanol–water partition coefficient (Wildman–Crippen LogP) is 3.52. The lowest BCUT2D eigenvalue weighted by molar-refractivity contribution is 0.355. The van der Waals surface area contributed by atoms with Crippen molar-refractivity contribution >= 4 is 0 Å². The molecule has 0 aliphatic carbocycles. The molecule has 1 N–H and O–H groups in total. The molecule has 3 nitrogen and oxygen atoms in total. The number of ether oxygens (including phenoxy) is 1. The van der Waals surface area contributed by atoms with Gasteiger partial charge in [-0.05, 0) is 51.6 Å². The first kappa shape index (κ1) is 17.0. The molecular formula is C17H30N2O. The predicted molar refractivity (Wildman–Crippen MR) is 85.5 cm³/mol. The lowest BCUT2D eigenvalue weighted by Gasteiger charge is -2.22. The monoisotopic (exact) mass is 278 g/mol. The van der Waals surface area contributed by atoms with Crippen LogP contribution >= 0.6 is 0 Å². The van der Waals surface area contributed by atoms with E-state index in [-0.39, 0.29) is 0 Å². The van der Waals surface area contributed by atoms with Crippen molar-refractivity contribution in [1.82, 2.24) is 10.3 Å². The minimum Gasteiger partial charge on any atom is -0.496 e. The maximum atomic E-state index is 5.50. The maximum absolute atomic E-state index is 5.50. The third-order valence-corrected chi connectivity index (χ3v) is 3.98. The number of nitrogens with zero attached hydrogens (tertiary/aromatic N) is 1. The molecule has 1 atom stereocenters. The van der Waals surface area contributed by atoms with Crippen LogP contribution in [0.1, 0.15) is 44.0 Å². The van der Waals surface area contributed by atoms with Crippen molar-refractivity contribution in [3.63, 3.8) is 0 Å². The quantitative estimate of drug-likeness (QED) is 0.739. The highest BCUT2D eigenvalue weighted by Gasteiger charge is 2.17. The van der Waals surface area contributed by atoms with Crippen molar-refractivity contribution in [3.8, 4) is 5.75 Å². The van der Waals surface area contributed by atoms with E-state index in [0.717, 1.165) is 30.8 Å². The Kier molecular flexibility index (Phi) is 7.00. The van der Waals surface area contributed by atoms with E-state index < -0.39 is 0 Å². The molecule has 0 fully saturated rings. The molecule has 0 radical (unpaired) electrons. The van der Waals surface area contributed by atoms with Gasteiger partial charge in [0.15, 0.2) is 0 Å². The number of pyridine rings is 1. The molecule has 0 aliphatic heterocycles. The number of aromatic nitrogens is 1. The first-order chi connectivity index (χ1) is 9.51. The van der Waals surface area contributed by atoms with Gasteiger partial charge in [-0.3, -0.25) is 4.98 Å². The molecule has 114 valence electrons. The molecule has 1 unspecified atom stereocenters. The number of hydrogen-bond donors (Lipinski definition) is 1. The van der Waals surface area contributed by atoms with E-state index in [4.69, 9.17) is 4.74 Å². The van der Waals surface area contributed by atoms with Gasteiger partial charge in [-0.15, -0.1) is 0 Å². The van der Waals surface area contributed by atoms with Crippen molar-refractivity contribution in [2.45, 2.75) is 47.5 Å². The molecule has 0 amide bonds. The van der Waals surface area contributed by atoms with Crippen LogP contribution in [0, 0.1) is 25.7 Å². The van der Waals surface area contributed by atoms with Crippen LogP contribution in [0.15, 0.2) is 6.20 Å². The van der Waals surface area contributed by atoms with E-state index in [0.29, 0.717) is 11.8 Å². The van der Waals surface area contributed by atoms with Crippen LogP contribution in [0.4, 0.5) is 0 Å². The molecule has 0 bridgehead atoms. The molecule has 0 aromatic carbocycles. The summed E-state index contributed by atoms with van der Waals surface area (Å²) in [5.41, 5.74) is 3.47. The summed E-state index contributed by atoms with van der Waals surface area (Å²) in [4.78, 5) is 4.63. The Hall–Kier alpha value is -1.09. The highest BCUT2D eigenvalue weighted by Crippen LogP contribution is 2.26. The van der Waals surface area contributed by atoms with E-state index in [9.17, 15) is 0 Å². The summed E-state index contributed by atoms with van der Waals surface area (Å²) in [5.74, 6) is 2.24. The van der Waals surface area contributed by atoms with Crippen molar-refractivity contribution < 1.29 is 4.74 Å². The van der Waals surface area contributed by atoms with Crippen molar-refractivity contribution in [3.05, 3.63) is 23.0 Å². The minimum absolute atomic E-state index is 0.611. The van der Waals surface area contributed by atoms with Gasteiger partial charge in [-0.25, -0.2) is 0 Å². The largest absolute Gasteiger partial charge is 0.496 e. The lowest BCUT2D eigenvalue weighted by atomic mass is 9.89. The van der Waals surface area contributed by atoms with Crippen molar-refractivity contribution in [2.75, 3.05) is 20.2 Å². The fraction of sp³-hybridized carbons (Fsp3) is 0.706. The van der Waals surface area contributed by atoms with Crippen LogP contribution in [0.3, 0.4) is 0 Å².